The molecule has 0 aliphatic heterocycles. The lowest BCUT2D eigenvalue weighted by Gasteiger charge is -1.90. The second-order valence-electron chi connectivity index (χ2n) is 2.45. The average Bonchev–Trinajstić information content (AvgIpc) is 2.35. The van der Waals surface area contributed by atoms with Gasteiger partial charge in [0.05, 0.1) is 4.70 Å². The Kier molecular flexibility index (Phi) is 1.43. The highest BCUT2D eigenvalue weighted by atomic mass is 32.1. The summed E-state index contributed by atoms with van der Waals surface area (Å²) in [4.78, 5) is 0. The first-order valence-corrected chi connectivity index (χ1v) is 4.16. The quantitative estimate of drug-likeness (QED) is 0.562. The first-order valence-electron chi connectivity index (χ1n) is 3.34. The molecule has 0 nitrogen and oxygen atoms in total. The van der Waals surface area contributed by atoms with Gasteiger partial charge in [0.1, 0.15) is 5.82 Å². The molecule has 0 aliphatic rings. The van der Waals surface area contributed by atoms with Crippen molar-refractivity contribution in [3.8, 4) is 0 Å². The fourth-order valence-corrected chi connectivity index (χ4v) is 1.95. The van der Waals surface area contributed by atoms with Crippen molar-refractivity contribution < 1.29 is 4.39 Å². The van der Waals surface area contributed by atoms with Crippen molar-refractivity contribution in [2.24, 2.45) is 0 Å². The van der Waals surface area contributed by atoms with E-state index in [4.69, 9.17) is 0 Å². The Labute approximate surface area is 68.3 Å². The summed E-state index contributed by atoms with van der Waals surface area (Å²) in [6.45, 7) is 1.94. The largest absolute Gasteiger partial charge is 0.205 e. The summed E-state index contributed by atoms with van der Waals surface area (Å²) < 4.78 is 13.7. The van der Waals surface area contributed by atoms with Gasteiger partial charge in [-0.1, -0.05) is 12.1 Å². The van der Waals surface area contributed by atoms with Gasteiger partial charge in [0.15, 0.2) is 0 Å². The number of hydrogen-bond donors (Lipinski definition) is 0. The molecular weight excluding hydrogens is 159 g/mol. The third-order valence-electron chi connectivity index (χ3n) is 1.68. The van der Waals surface area contributed by atoms with E-state index in [1.165, 1.54) is 17.4 Å². The minimum Gasteiger partial charge on any atom is -0.205 e. The van der Waals surface area contributed by atoms with Gasteiger partial charge in [-0.05, 0) is 23.9 Å². The fourth-order valence-electron chi connectivity index (χ4n) is 1.09. The van der Waals surface area contributed by atoms with Crippen LogP contribution >= 0.6 is 11.3 Å². The molecule has 1 aromatic carbocycles. The lowest BCUT2D eigenvalue weighted by Crippen LogP contribution is -1.72. The van der Waals surface area contributed by atoms with Crippen LogP contribution in [0.2, 0.25) is 0 Å². The minimum atomic E-state index is -0.142. The predicted molar refractivity (Wildman–Crippen MR) is 45.4 cm³/mol. The molecule has 0 saturated carbocycles. The monoisotopic (exact) mass is 165 g/mol. The molecule has 1 aromatic heterocycles. The molecule has 0 fully saturated rings. The molecule has 0 amide bonds. The van der Waals surface area contributed by atoms with Gasteiger partial charge in [0, 0.05) is 5.38 Å². The maximum atomic E-state index is 13.0. The van der Waals surface area contributed by atoms with Gasteiger partial charge in [-0.3, -0.25) is 0 Å². The Balaban J connectivity index is 2.94. The van der Waals surface area contributed by atoms with E-state index in [1.54, 1.807) is 6.07 Å². The molecule has 0 aliphatic carbocycles. The smallest absolute Gasteiger partial charge is 0.141 e. The van der Waals surface area contributed by atoms with Gasteiger partial charge in [-0.15, -0.1) is 11.3 Å². The molecule has 0 spiro atoms. The average molecular weight is 165 g/mol. The topological polar surface area (TPSA) is 0 Å². The number of hydrogen-bond acceptors (Lipinski definition) is 1. The molecule has 11 heavy (non-hydrogen) atoms. The zero-order chi connectivity index (χ0) is 7.84. The minimum absolute atomic E-state index is 0.142. The molecule has 0 atom stereocenters. The lowest BCUT2D eigenvalue weighted by molar-refractivity contribution is 0.641. The Morgan fingerprint density at radius 2 is 2.27 bits per heavy atom. The Morgan fingerprint density at radius 1 is 1.45 bits per heavy atom. The molecule has 0 N–H and O–H groups in total. The summed E-state index contributed by atoms with van der Waals surface area (Å²) in [5.74, 6) is -0.142. The van der Waals surface area contributed by atoms with E-state index in [0.29, 0.717) is 4.70 Å². The van der Waals surface area contributed by atoms with Crippen LogP contribution in [0.5, 0.6) is 0 Å². The normalized spacial score (nSPS) is 10.7. The van der Waals surface area contributed by atoms with E-state index in [1.807, 2.05) is 13.0 Å². The van der Waals surface area contributed by atoms with Crippen molar-refractivity contribution in [1.29, 1.82) is 0 Å². The lowest BCUT2D eigenvalue weighted by atomic mass is 10.2. The van der Waals surface area contributed by atoms with Crippen molar-refractivity contribution in [1.82, 2.24) is 0 Å². The van der Waals surface area contributed by atoms with E-state index in [9.17, 15) is 4.39 Å². The summed E-state index contributed by atoms with van der Waals surface area (Å²) in [5.41, 5.74) is 1.03. The van der Waals surface area contributed by atoms with Crippen LogP contribution < -0.4 is 0 Å². The Hall–Kier alpha value is -0.890. The molecule has 0 saturated heterocycles. The van der Waals surface area contributed by atoms with Crippen LogP contribution in [0.3, 0.4) is 0 Å². The second-order valence-corrected chi connectivity index (χ2v) is 3.26. The second kappa shape index (κ2) is 2.31. The third kappa shape index (κ3) is 0.942. The summed E-state index contributed by atoms with van der Waals surface area (Å²) >= 11 is 1.34. The van der Waals surface area contributed by atoms with Gasteiger partial charge < -0.3 is 0 Å². The summed E-state index contributed by atoms with van der Waals surface area (Å²) in [6.07, 6.45) is 0. The van der Waals surface area contributed by atoms with Crippen molar-refractivity contribution in [2.75, 3.05) is 0 Å². The van der Waals surface area contributed by atoms with E-state index in [-0.39, 0.29) is 5.82 Å². The fraction of sp³-hybridized carbons (Fsp3) is 0.111. The van der Waals surface area contributed by atoms with Crippen LogP contribution in [0.1, 0.15) is 5.56 Å². The van der Waals surface area contributed by atoms with Gasteiger partial charge >= 0.3 is 0 Å². The molecule has 1 heterocycles. The van der Waals surface area contributed by atoms with Gasteiger partial charge in [0.25, 0.3) is 0 Å². The number of benzene rings is 1. The van der Waals surface area contributed by atoms with Crippen LogP contribution in [-0.4, -0.2) is 0 Å². The molecule has 2 heteroatoms. The summed E-state index contributed by atoms with van der Waals surface area (Å²) in [5, 5.41) is 4.00. The predicted octanol–water partition coefficient (Wildman–Crippen LogP) is 3.15. The van der Waals surface area contributed by atoms with Crippen LogP contribution in [0.4, 0.5) is 4.39 Å². The molecule has 2 aromatic rings. The van der Waals surface area contributed by atoms with E-state index in [0.717, 1.165) is 10.9 Å². The number of thiophene rings is 1. The van der Waals surface area contributed by atoms with Gasteiger partial charge in [-0.25, -0.2) is 4.39 Å². The standard InChI is InChI=1S/C9H6FS/c1-6-5-11-9-7(6)3-2-4-8(9)10/h2-4H,1H3. The highest BCUT2D eigenvalue weighted by molar-refractivity contribution is 7.16. The molecular formula is C9H6FS. The number of halogens is 1. The van der Waals surface area contributed by atoms with Crippen molar-refractivity contribution in [3.05, 3.63) is 35.0 Å². The van der Waals surface area contributed by atoms with Crippen molar-refractivity contribution in [2.45, 2.75) is 6.92 Å². The van der Waals surface area contributed by atoms with E-state index >= 15 is 0 Å². The Bertz CT molecular complexity index is 389. The third-order valence-corrected chi connectivity index (χ3v) is 2.70. The van der Waals surface area contributed by atoms with Crippen LogP contribution in [-0.2, 0) is 0 Å². The molecule has 55 valence electrons. The summed E-state index contributed by atoms with van der Waals surface area (Å²) in [6, 6.07) is 5.12. The molecule has 0 bridgehead atoms. The Morgan fingerprint density at radius 3 is 3.00 bits per heavy atom. The maximum absolute atomic E-state index is 13.0. The highest BCUT2D eigenvalue weighted by Gasteiger charge is 2.03. The van der Waals surface area contributed by atoms with Crippen LogP contribution in [0, 0.1) is 18.1 Å². The van der Waals surface area contributed by atoms with Crippen LogP contribution in [0.25, 0.3) is 10.1 Å². The number of rotatable bonds is 0. The SMILES string of the molecule is Cc1[c]sc2c(F)cccc12. The van der Waals surface area contributed by atoms with Gasteiger partial charge in [0.2, 0.25) is 0 Å². The number of fused-ring (bicyclic) bond motifs is 1. The first kappa shape index (κ1) is 6.80. The van der Waals surface area contributed by atoms with E-state index in [2.05, 4.69) is 5.38 Å². The maximum Gasteiger partial charge on any atom is 0.141 e. The molecule has 1 radical (unpaired) electrons. The van der Waals surface area contributed by atoms with Crippen LogP contribution in [0.15, 0.2) is 18.2 Å². The molecule has 2 rings (SSSR count). The summed E-state index contributed by atoms with van der Waals surface area (Å²) in [7, 11) is 0. The molecule has 0 unspecified atom stereocenters. The van der Waals surface area contributed by atoms with Crippen molar-refractivity contribution in [3.63, 3.8) is 0 Å². The van der Waals surface area contributed by atoms with E-state index < -0.39 is 0 Å². The zero-order valence-corrected chi connectivity index (χ0v) is 6.83. The van der Waals surface area contributed by atoms with Gasteiger partial charge in [-0.2, -0.15) is 0 Å². The zero-order valence-electron chi connectivity index (χ0n) is 6.02. The first-order chi connectivity index (χ1) is 5.29. The number of aryl methyl sites for hydroxylation is 1. The highest BCUT2D eigenvalue weighted by Crippen LogP contribution is 2.26. The van der Waals surface area contributed by atoms with Crippen molar-refractivity contribution >= 4 is 21.4 Å².